The van der Waals surface area contributed by atoms with Gasteiger partial charge in [-0.2, -0.15) is 0 Å². The second-order valence-electron chi connectivity index (χ2n) is 8.39. The van der Waals surface area contributed by atoms with Crippen molar-refractivity contribution in [3.05, 3.63) is 48.2 Å². The number of thiazole rings is 1. The van der Waals surface area contributed by atoms with Crippen molar-refractivity contribution in [2.45, 2.75) is 24.7 Å². The van der Waals surface area contributed by atoms with Crippen LogP contribution in [0.5, 0.6) is 11.5 Å². The lowest BCUT2D eigenvalue weighted by Gasteiger charge is -2.21. The van der Waals surface area contributed by atoms with Gasteiger partial charge in [0.1, 0.15) is 16.4 Å². The van der Waals surface area contributed by atoms with Crippen LogP contribution in [-0.4, -0.2) is 53.0 Å². The molecule has 0 unspecified atom stereocenters. The number of hydrogen-bond acceptors (Lipinski definition) is 9. The van der Waals surface area contributed by atoms with Crippen molar-refractivity contribution >= 4 is 42.2 Å². The third kappa shape index (κ3) is 6.27. The molecule has 10 nitrogen and oxygen atoms in total. The van der Waals surface area contributed by atoms with Crippen molar-refractivity contribution in [3.63, 3.8) is 0 Å². The molecule has 1 fully saturated rings. The summed E-state index contributed by atoms with van der Waals surface area (Å²) < 4.78 is 67.3. The number of benzene rings is 2. The highest BCUT2D eigenvalue weighted by atomic mass is 32.2. The summed E-state index contributed by atoms with van der Waals surface area (Å²) in [4.78, 5) is 4.89. The van der Waals surface area contributed by atoms with E-state index in [9.17, 15) is 21.9 Å². The molecule has 2 aromatic carbocycles. The number of aryl methyl sites for hydroxylation is 1. The third-order valence-electron chi connectivity index (χ3n) is 5.67. The van der Waals surface area contributed by atoms with Gasteiger partial charge in [0.25, 0.3) is 10.0 Å². The number of phenols is 1. The Morgan fingerprint density at radius 1 is 1.08 bits per heavy atom. The zero-order chi connectivity index (χ0) is 25.9. The summed E-state index contributed by atoms with van der Waals surface area (Å²) in [6.45, 7) is 2.85. The van der Waals surface area contributed by atoms with Crippen LogP contribution in [0.2, 0.25) is 0 Å². The molecule has 1 saturated heterocycles. The average molecular weight is 554 g/mol. The van der Waals surface area contributed by atoms with E-state index in [0.717, 1.165) is 11.3 Å². The van der Waals surface area contributed by atoms with E-state index in [-0.39, 0.29) is 38.9 Å². The zero-order valence-electron chi connectivity index (χ0n) is 19.7. The van der Waals surface area contributed by atoms with Gasteiger partial charge in [-0.25, -0.2) is 21.8 Å². The number of sulfonamides is 2. The number of hydrogen-bond donors (Lipinski definition) is 3. The molecule has 1 aliphatic heterocycles. The van der Waals surface area contributed by atoms with Crippen LogP contribution in [0.4, 0.5) is 10.8 Å². The Morgan fingerprint density at radius 3 is 2.44 bits per heavy atom. The number of rotatable bonds is 9. The summed E-state index contributed by atoms with van der Waals surface area (Å²) in [5, 5.41) is 9.67. The van der Waals surface area contributed by atoms with Gasteiger partial charge < -0.3 is 14.6 Å². The lowest BCUT2D eigenvalue weighted by atomic mass is 10.0. The minimum absolute atomic E-state index is 0.00181. The zero-order valence-corrected chi connectivity index (χ0v) is 22.2. The minimum atomic E-state index is -4.04. The fourth-order valence-electron chi connectivity index (χ4n) is 3.87. The maximum absolute atomic E-state index is 13.2. The molecule has 0 spiro atoms. The van der Waals surface area contributed by atoms with Crippen LogP contribution in [0.15, 0.2) is 47.4 Å². The molecule has 36 heavy (non-hydrogen) atoms. The van der Waals surface area contributed by atoms with Crippen LogP contribution < -0.4 is 14.2 Å². The molecule has 0 aliphatic carbocycles. The first-order valence-corrected chi connectivity index (χ1v) is 15.1. The normalized spacial score (nSPS) is 14.9. The van der Waals surface area contributed by atoms with Gasteiger partial charge in [-0.1, -0.05) is 11.3 Å². The summed E-state index contributed by atoms with van der Waals surface area (Å²) >= 11 is 1.13. The van der Waals surface area contributed by atoms with Gasteiger partial charge in [0.05, 0.1) is 23.4 Å². The summed E-state index contributed by atoms with van der Waals surface area (Å²) in [6.07, 6.45) is 1.40. The summed E-state index contributed by atoms with van der Waals surface area (Å²) in [5.74, 6) is 0.187. The minimum Gasteiger partial charge on any atom is -0.508 e. The first-order chi connectivity index (χ1) is 17.1. The summed E-state index contributed by atoms with van der Waals surface area (Å²) in [7, 11) is -6.27. The number of anilines is 2. The van der Waals surface area contributed by atoms with Gasteiger partial charge >= 0.3 is 0 Å². The topological polar surface area (TPSA) is 144 Å². The van der Waals surface area contributed by atoms with Gasteiger partial charge in [0.2, 0.25) is 10.0 Å². The third-order valence-corrected chi connectivity index (χ3v) is 9.74. The van der Waals surface area contributed by atoms with E-state index in [1.54, 1.807) is 13.0 Å². The van der Waals surface area contributed by atoms with Crippen molar-refractivity contribution in [2.24, 2.45) is 5.92 Å². The monoisotopic (exact) mass is 553 g/mol. The average Bonchev–Trinajstić information content (AvgIpc) is 3.19. The lowest BCUT2D eigenvalue weighted by Crippen LogP contribution is -2.27. The van der Waals surface area contributed by atoms with Crippen LogP contribution in [0, 0.1) is 12.8 Å². The molecule has 4 rings (SSSR count). The highest BCUT2D eigenvalue weighted by Crippen LogP contribution is 2.37. The van der Waals surface area contributed by atoms with Crippen molar-refractivity contribution < 1.29 is 31.4 Å². The van der Waals surface area contributed by atoms with E-state index in [2.05, 4.69) is 14.4 Å². The summed E-state index contributed by atoms with van der Waals surface area (Å²) in [6, 6.07) is 10.3. The van der Waals surface area contributed by atoms with Crippen LogP contribution in [0.3, 0.4) is 0 Å². The fourth-order valence-corrected chi connectivity index (χ4v) is 7.84. The van der Waals surface area contributed by atoms with Crippen molar-refractivity contribution in [1.29, 1.82) is 0 Å². The molecule has 13 heteroatoms. The summed E-state index contributed by atoms with van der Waals surface area (Å²) in [5.41, 5.74) is 1.38. The second kappa shape index (κ2) is 10.6. The molecule has 0 amide bonds. The van der Waals surface area contributed by atoms with Gasteiger partial charge in [0, 0.05) is 18.9 Å². The van der Waals surface area contributed by atoms with Crippen LogP contribution in [-0.2, 0) is 24.8 Å². The Kier molecular flexibility index (Phi) is 7.73. The van der Waals surface area contributed by atoms with E-state index < -0.39 is 20.0 Å². The SMILES string of the molecule is COc1ccc(-c2sc(NS(=O)(=O)CC3CCOCC3)nc2C)cc1S(=O)(=O)Nc1ccc(O)cc1. The molecule has 0 bridgehead atoms. The van der Waals surface area contributed by atoms with E-state index >= 15 is 0 Å². The van der Waals surface area contributed by atoms with Crippen molar-refractivity contribution in [2.75, 3.05) is 35.5 Å². The Morgan fingerprint density at radius 2 is 1.78 bits per heavy atom. The highest BCUT2D eigenvalue weighted by molar-refractivity contribution is 7.93. The number of methoxy groups -OCH3 is 1. The fraction of sp³-hybridized carbons (Fsp3) is 0.348. The molecular formula is C23H27N3O7S3. The first kappa shape index (κ1) is 26.2. The quantitative estimate of drug-likeness (QED) is 0.340. The molecule has 194 valence electrons. The van der Waals surface area contributed by atoms with E-state index in [1.807, 2.05) is 0 Å². The number of phenolic OH excluding ortho intramolecular Hbond substituents is 1. The number of nitrogens with one attached hydrogen (secondary N) is 2. The molecular weight excluding hydrogens is 526 g/mol. The van der Waals surface area contributed by atoms with Crippen LogP contribution in [0.25, 0.3) is 10.4 Å². The first-order valence-electron chi connectivity index (χ1n) is 11.1. The maximum Gasteiger partial charge on any atom is 0.265 e. The molecule has 3 aromatic rings. The van der Waals surface area contributed by atoms with E-state index in [1.165, 1.54) is 43.5 Å². The number of aromatic hydroxyl groups is 1. The standard InChI is InChI=1S/C23H27N3O7S3/c1-15-22(34-23(24-15)26-35(28,29)14-16-9-11-33-12-10-16)17-3-8-20(32-2)21(13-17)36(30,31)25-18-4-6-19(27)7-5-18/h3-8,13,16,25,27H,9-12,14H2,1-2H3,(H,24,26). The maximum atomic E-state index is 13.2. The molecule has 0 atom stereocenters. The Labute approximate surface area is 214 Å². The number of ether oxygens (including phenoxy) is 2. The van der Waals surface area contributed by atoms with Crippen LogP contribution >= 0.6 is 11.3 Å². The largest absolute Gasteiger partial charge is 0.508 e. The predicted molar refractivity (Wildman–Crippen MR) is 139 cm³/mol. The molecule has 0 radical (unpaired) electrons. The molecule has 2 heterocycles. The van der Waals surface area contributed by atoms with E-state index in [0.29, 0.717) is 42.2 Å². The molecule has 1 aromatic heterocycles. The van der Waals surface area contributed by atoms with Gasteiger partial charge in [-0.15, -0.1) is 0 Å². The Bertz CT molecular complexity index is 1430. The predicted octanol–water partition coefficient (Wildman–Crippen LogP) is 3.80. The van der Waals surface area contributed by atoms with Crippen LogP contribution in [0.1, 0.15) is 18.5 Å². The smallest absolute Gasteiger partial charge is 0.265 e. The Hall–Kier alpha value is -2.87. The number of nitrogens with zero attached hydrogens (tertiary/aromatic N) is 1. The van der Waals surface area contributed by atoms with E-state index in [4.69, 9.17) is 9.47 Å². The van der Waals surface area contributed by atoms with Gasteiger partial charge in [0.15, 0.2) is 5.13 Å². The molecule has 3 N–H and O–H groups in total. The van der Waals surface area contributed by atoms with Crippen molar-refractivity contribution in [3.8, 4) is 21.9 Å². The molecule has 0 saturated carbocycles. The Balaban J connectivity index is 1.59. The number of aromatic nitrogens is 1. The second-order valence-corrected chi connectivity index (χ2v) is 12.8. The molecule has 1 aliphatic rings. The van der Waals surface area contributed by atoms with Gasteiger partial charge in [-0.3, -0.25) is 9.44 Å². The lowest BCUT2D eigenvalue weighted by molar-refractivity contribution is 0.0724. The highest BCUT2D eigenvalue weighted by Gasteiger charge is 2.25. The van der Waals surface area contributed by atoms with Gasteiger partial charge in [-0.05, 0) is 73.7 Å². The van der Waals surface area contributed by atoms with Crippen molar-refractivity contribution in [1.82, 2.24) is 4.98 Å².